The molecule has 162 valence electrons. The van der Waals surface area contributed by atoms with E-state index in [1.165, 1.54) is 13.2 Å². The van der Waals surface area contributed by atoms with Crippen molar-refractivity contribution in [1.29, 1.82) is 0 Å². The maximum Gasteiger partial charge on any atom is 0.325 e. The van der Waals surface area contributed by atoms with Crippen LogP contribution in [0.15, 0.2) is 33.9 Å². The van der Waals surface area contributed by atoms with Gasteiger partial charge in [0.25, 0.3) is 15.0 Å². The number of ketones is 1. The number of nitrogens with zero attached hydrogens (tertiary/aromatic N) is 6. The number of thiazole rings is 1. The number of nitrogens with one attached hydrogen (secondary N) is 2. The van der Waals surface area contributed by atoms with Gasteiger partial charge in [0, 0.05) is 19.2 Å². The first kappa shape index (κ1) is 21.0. The minimum atomic E-state index is -3.97. The molecule has 0 unspecified atom stereocenters. The molecule has 31 heavy (non-hydrogen) atoms. The summed E-state index contributed by atoms with van der Waals surface area (Å²) < 4.78 is 26.1. The molecule has 0 bridgehead atoms. The van der Waals surface area contributed by atoms with Crippen LogP contribution in [0.25, 0.3) is 0 Å². The summed E-state index contributed by atoms with van der Waals surface area (Å²) in [5.41, 5.74) is 0.494. The van der Waals surface area contributed by atoms with Crippen molar-refractivity contribution in [3.63, 3.8) is 0 Å². The van der Waals surface area contributed by atoms with E-state index in [4.69, 9.17) is 0 Å². The summed E-state index contributed by atoms with van der Waals surface area (Å²) in [7, 11) is -2.57. The molecule has 14 heteroatoms. The Balaban J connectivity index is 1.47. The molecule has 0 spiro atoms. The molecule has 3 heterocycles. The van der Waals surface area contributed by atoms with Gasteiger partial charge in [-0.2, -0.15) is 0 Å². The van der Waals surface area contributed by atoms with Crippen molar-refractivity contribution < 1.29 is 18.0 Å². The average Bonchev–Trinajstić information content (AvgIpc) is 3.50. The Kier molecular flexibility index (Phi) is 5.73. The molecule has 1 aliphatic rings. The van der Waals surface area contributed by atoms with Crippen LogP contribution >= 0.6 is 11.3 Å². The van der Waals surface area contributed by atoms with Crippen molar-refractivity contribution in [3.8, 4) is 0 Å². The van der Waals surface area contributed by atoms with Crippen LogP contribution in [0, 0.1) is 5.92 Å². The maximum absolute atomic E-state index is 12.7. The number of tetrazole rings is 1. The van der Waals surface area contributed by atoms with Crippen molar-refractivity contribution in [3.05, 3.63) is 30.2 Å². The topological polar surface area (TPSA) is 162 Å². The number of anilines is 2. The predicted octanol–water partition coefficient (Wildman–Crippen LogP) is 1.91. The van der Waals surface area contributed by atoms with Gasteiger partial charge in [-0.15, -0.1) is 0 Å². The molecule has 0 aromatic carbocycles. The third-order valence-electron chi connectivity index (χ3n) is 4.81. The van der Waals surface area contributed by atoms with Gasteiger partial charge < -0.3 is 5.32 Å². The first-order valence-electron chi connectivity index (χ1n) is 9.37. The van der Waals surface area contributed by atoms with Crippen molar-refractivity contribution in [2.45, 2.75) is 35.0 Å². The Morgan fingerprint density at radius 3 is 2.68 bits per heavy atom. The molecule has 0 atom stereocenters. The Morgan fingerprint density at radius 2 is 1.97 bits per heavy atom. The number of aryl methyl sites for hydroxylation is 1. The smallest absolute Gasteiger partial charge is 0.305 e. The lowest BCUT2D eigenvalue weighted by Crippen LogP contribution is -2.22. The second-order valence-corrected chi connectivity index (χ2v) is 10.00. The van der Waals surface area contributed by atoms with Crippen LogP contribution in [-0.4, -0.2) is 50.4 Å². The maximum atomic E-state index is 12.7. The van der Waals surface area contributed by atoms with Crippen LogP contribution in [-0.2, 0) is 16.9 Å². The summed E-state index contributed by atoms with van der Waals surface area (Å²) in [6, 6.07) is 2.53. The van der Waals surface area contributed by atoms with Gasteiger partial charge in [0.1, 0.15) is 9.90 Å². The molecule has 2 N–H and O–H groups in total. The minimum Gasteiger partial charge on any atom is -0.305 e. The molecule has 0 saturated heterocycles. The minimum absolute atomic E-state index is 0.0544. The highest BCUT2D eigenvalue weighted by molar-refractivity contribution is 7.93. The fourth-order valence-electron chi connectivity index (χ4n) is 3.31. The van der Waals surface area contributed by atoms with Gasteiger partial charge in [-0.25, -0.2) is 22.9 Å². The van der Waals surface area contributed by atoms with E-state index in [2.05, 4.69) is 36.1 Å². The van der Waals surface area contributed by atoms with Crippen molar-refractivity contribution in [2.24, 2.45) is 13.0 Å². The summed E-state index contributed by atoms with van der Waals surface area (Å²) in [5.74, 6) is -0.173. The highest BCUT2D eigenvalue weighted by Crippen LogP contribution is 2.30. The Morgan fingerprint density at radius 1 is 1.19 bits per heavy atom. The molecule has 12 nitrogen and oxygen atoms in total. The van der Waals surface area contributed by atoms with E-state index in [9.17, 15) is 18.0 Å². The molecular formula is C17H18N8O4S2. The van der Waals surface area contributed by atoms with E-state index in [0.717, 1.165) is 47.9 Å². The van der Waals surface area contributed by atoms with E-state index >= 15 is 0 Å². The fraction of sp³-hybridized carbons (Fsp3) is 0.353. The van der Waals surface area contributed by atoms with Crippen LogP contribution < -0.4 is 10.6 Å². The molecule has 0 radical (unpaired) electrons. The number of aromatic nitrogens is 6. The number of rotatable bonds is 6. The number of carbonyl (C=O) groups is 2. The molecule has 2 amide bonds. The third kappa shape index (κ3) is 4.29. The summed E-state index contributed by atoms with van der Waals surface area (Å²) in [4.78, 5) is 33.3. The Labute approximate surface area is 181 Å². The summed E-state index contributed by atoms with van der Waals surface area (Å²) >= 11 is 0.754. The summed E-state index contributed by atoms with van der Waals surface area (Å²) in [6.07, 6.45) is 6.27. The average molecular weight is 463 g/mol. The summed E-state index contributed by atoms with van der Waals surface area (Å²) in [5, 5.41) is 15.1. The number of hydrogen-bond acceptors (Lipinski definition) is 10. The number of amides is 2. The van der Waals surface area contributed by atoms with Crippen LogP contribution in [0.3, 0.4) is 0 Å². The fourth-order valence-corrected chi connectivity index (χ4v) is 5.66. The SMILES string of the molecule is Cn1nnnc1S(=O)(=O)c1cnc(NC(=O)Nc2cccnc2C(=O)C2CCCC2)s1. The number of carbonyl (C=O) groups excluding carboxylic acids is 2. The zero-order valence-electron chi connectivity index (χ0n) is 16.3. The number of urea groups is 1. The van der Waals surface area contributed by atoms with Crippen LogP contribution in [0.4, 0.5) is 15.6 Å². The van der Waals surface area contributed by atoms with Crippen molar-refractivity contribution >= 4 is 43.8 Å². The van der Waals surface area contributed by atoms with Crippen molar-refractivity contribution in [1.82, 2.24) is 30.2 Å². The first-order chi connectivity index (χ1) is 14.9. The number of Topliss-reactive ketones (excluding diaryl/α,β-unsaturated/α-hetero) is 1. The lowest BCUT2D eigenvalue weighted by molar-refractivity contribution is 0.0918. The highest BCUT2D eigenvalue weighted by Gasteiger charge is 2.28. The lowest BCUT2D eigenvalue weighted by atomic mass is 9.99. The Hall–Kier alpha value is -3.26. The molecule has 4 rings (SSSR count). The second kappa shape index (κ2) is 8.47. The summed E-state index contributed by atoms with van der Waals surface area (Å²) in [6.45, 7) is 0. The standard InChI is InChI=1S/C17H18N8O4S2/c1-25-17(22-23-24-25)31(28,29)12-9-19-16(30-12)21-15(27)20-11-7-4-8-18-13(11)14(26)10-5-2-3-6-10/h4,7-10H,2-3,5-6H2,1H3,(H2,19,20,21,27). The van der Waals surface area contributed by atoms with Crippen molar-refractivity contribution in [2.75, 3.05) is 10.6 Å². The van der Waals surface area contributed by atoms with Crippen LogP contribution in [0.5, 0.6) is 0 Å². The van der Waals surface area contributed by atoms with E-state index in [0.29, 0.717) is 0 Å². The molecule has 1 aliphatic carbocycles. The number of sulfone groups is 1. The van der Waals surface area contributed by atoms with Gasteiger partial charge in [0.15, 0.2) is 10.9 Å². The van der Waals surface area contributed by atoms with E-state index in [1.54, 1.807) is 12.1 Å². The Bertz CT molecular complexity index is 1230. The number of pyridine rings is 1. The van der Waals surface area contributed by atoms with Gasteiger partial charge in [-0.1, -0.05) is 29.3 Å². The zero-order chi connectivity index (χ0) is 22.0. The van der Waals surface area contributed by atoms with Gasteiger partial charge in [-0.05, 0) is 35.4 Å². The molecule has 3 aromatic rings. The van der Waals surface area contributed by atoms with E-state index in [1.807, 2.05) is 0 Å². The number of hydrogen-bond donors (Lipinski definition) is 2. The zero-order valence-corrected chi connectivity index (χ0v) is 18.0. The highest BCUT2D eigenvalue weighted by atomic mass is 32.2. The first-order valence-corrected chi connectivity index (χ1v) is 11.7. The van der Waals surface area contributed by atoms with E-state index in [-0.39, 0.29) is 37.6 Å². The normalized spacial score (nSPS) is 14.5. The molecule has 1 saturated carbocycles. The third-order valence-corrected chi connectivity index (χ3v) is 7.88. The molecular weight excluding hydrogens is 444 g/mol. The quantitative estimate of drug-likeness (QED) is 0.521. The van der Waals surface area contributed by atoms with Gasteiger partial charge in [-0.3, -0.25) is 15.1 Å². The van der Waals surface area contributed by atoms with Gasteiger partial charge in [0.2, 0.25) is 0 Å². The largest absolute Gasteiger partial charge is 0.325 e. The molecule has 0 aliphatic heterocycles. The monoisotopic (exact) mass is 462 g/mol. The second-order valence-electron chi connectivity index (χ2n) is 6.90. The van der Waals surface area contributed by atoms with Crippen LogP contribution in [0.2, 0.25) is 0 Å². The predicted molar refractivity (Wildman–Crippen MR) is 110 cm³/mol. The van der Waals surface area contributed by atoms with E-state index < -0.39 is 15.9 Å². The molecule has 1 fully saturated rings. The van der Waals surface area contributed by atoms with Gasteiger partial charge >= 0.3 is 6.03 Å². The van der Waals surface area contributed by atoms with Crippen LogP contribution in [0.1, 0.15) is 36.2 Å². The lowest BCUT2D eigenvalue weighted by Gasteiger charge is -2.12. The van der Waals surface area contributed by atoms with Gasteiger partial charge in [0.05, 0.1) is 11.9 Å². The molecule has 3 aromatic heterocycles.